The summed E-state index contributed by atoms with van der Waals surface area (Å²) in [7, 11) is 1.49. The molecule has 0 fully saturated rings. The molecule has 0 bridgehead atoms. The number of methoxy groups -OCH3 is 1. The van der Waals surface area contributed by atoms with Gasteiger partial charge < -0.3 is 14.6 Å². The SMILES string of the molecule is COc1ccc(-c2csc(C=Cc3ccccc3OC(F)F)n2)cc1CC(=O)O. The van der Waals surface area contributed by atoms with Crippen LogP contribution in [0, 0.1) is 0 Å². The number of hydrogen-bond donors (Lipinski definition) is 1. The highest BCUT2D eigenvalue weighted by atomic mass is 32.1. The van der Waals surface area contributed by atoms with E-state index in [1.54, 1.807) is 48.6 Å². The first kappa shape index (κ1) is 20.5. The van der Waals surface area contributed by atoms with Gasteiger partial charge in [-0.25, -0.2) is 4.98 Å². The van der Waals surface area contributed by atoms with Crippen molar-refractivity contribution in [3.05, 3.63) is 64.0 Å². The second-order valence-corrected chi connectivity index (χ2v) is 6.81. The van der Waals surface area contributed by atoms with E-state index in [0.717, 1.165) is 5.56 Å². The number of thiazole rings is 1. The summed E-state index contributed by atoms with van der Waals surface area (Å²) >= 11 is 1.38. The monoisotopic (exact) mass is 417 g/mol. The first-order valence-electron chi connectivity index (χ1n) is 8.53. The van der Waals surface area contributed by atoms with Crippen molar-refractivity contribution in [2.45, 2.75) is 13.0 Å². The van der Waals surface area contributed by atoms with Gasteiger partial charge in [-0.3, -0.25) is 4.79 Å². The lowest BCUT2D eigenvalue weighted by Crippen LogP contribution is -2.02. The van der Waals surface area contributed by atoms with E-state index >= 15 is 0 Å². The topological polar surface area (TPSA) is 68.7 Å². The third-order valence-corrected chi connectivity index (χ3v) is 4.79. The number of hydrogen-bond acceptors (Lipinski definition) is 5. The number of carboxylic acids is 1. The van der Waals surface area contributed by atoms with Crippen LogP contribution in [-0.2, 0) is 11.2 Å². The zero-order valence-corrected chi connectivity index (χ0v) is 16.2. The summed E-state index contributed by atoms with van der Waals surface area (Å²) in [6.07, 6.45) is 3.21. The van der Waals surface area contributed by atoms with E-state index in [2.05, 4.69) is 9.72 Å². The standard InChI is InChI=1S/C21H17F2NO4S/c1-27-17-8-6-14(10-15(17)11-20(25)26)16-12-29-19(24-16)9-7-13-4-2-3-5-18(13)28-21(22)23/h2-10,12,21H,11H2,1H3,(H,25,26). The molecule has 150 valence electrons. The van der Waals surface area contributed by atoms with Crippen molar-refractivity contribution < 1.29 is 28.2 Å². The molecule has 2 aromatic carbocycles. The van der Waals surface area contributed by atoms with Crippen molar-refractivity contribution >= 4 is 29.5 Å². The second kappa shape index (κ2) is 9.29. The largest absolute Gasteiger partial charge is 0.496 e. The van der Waals surface area contributed by atoms with E-state index in [9.17, 15) is 13.6 Å². The molecule has 0 unspecified atom stereocenters. The summed E-state index contributed by atoms with van der Waals surface area (Å²) in [6.45, 7) is -2.90. The van der Waals surface area contributed by atoms with Crippen molar-refractivity contribution in [1.29, 1.82) is 0 Å². The molecule has 1 aromatic heterocycles. The summed E-state index contributed by atoms with van der Waals surface area (Å²) in [5.41, 5.74) is 2.51. The molecular formula is C21H17F2NO4S. The predicted molar refractivity (Wildman–Crippen MR) is 107 cm³/mol. The Morgan fingerprint density at radius 1 is 1.21 bits per heavy atom. The maximum Gasteiger partial charge on any atom is 0.387 e. The number of carbonyl (C=O) groups is 1. The smallest absolute Gasteiger partial charge is 0.387 e. The number of rotatable bonds is 8. The van der Waals surface area contributed by atoms with Crippen LogP contribution in [0.5, 0.6) is 11.5 Å². The Hall–Kier alpha value is -3.26. The Morgan fingerprint density at radius 2 is 2.00 bits per heavy atom. The van der Waals surface area contributed by atoms with Crippen LogP contribution in [0.4, 0.5) is 8.78 Å². The number of aliphatic carboxylic acids is 1. The van der Waals surface area contributed by atoms with Crippen molar-refractivity contribution in [2.75, 3.05) is 7.11 Å². The molecule has 0 saturated heterocycles. The van der Waals surface area contributed by atoms with Gasteiger partial charge in [0.2, 0.25) is 0 Å². The fourth-order valence-corrected chi connectivity index (χ4v) is 3.44. The summed E-state index contributed by atoms with van der Waals surface area (Å²) in [4.78, 5) is 15.6. The number of nitrogens with zero attached hydrogens (tertiary/aromatic N) is 1. The Bertz CT molecular complexity index is 1030. The molecule has 0 spiro atoms. The van der Waals surface area contributed by atoms with Gasteiger partial charge in [0.25, 0.3) is 0 Å². The minimum Gasteiger partial charge on any atom is -0.496 e. The first-order valence-corrected chi connectivity index (χ1v) is 9.40. The first-order chi connectivity index (χ1) is 14.0. The zero-order chi connectivity index (χ0) is 20.8. The molecule has 1 heterocycles. The molecule has 0 radical (unpaired) electrons. The molecule has 0 atom stereocenters. The van der Waals surface area contributed by atoms with Gasteiger partial charge in [-0.15, -0.1) is 11.3 Å². The van der Waals surface area contributed by atoms with Crippen LogP contribution in [0.1, 0.15) is 16.1 Å². The highest BCUT2D eigenvalue weighted by molar-refractivity contribution is 7.10. The van der Waals surface area contributed by atoms with Gasteiger partial charge in [-0.05, 0) is 36.4 Å². The van der Waals surface area contributed by atoms with Gasteiger partial charge >= 0.3 is 12.6 Å². The number of halogens is 2. The van der Waals surface area contributed by atoms with Crippen LogP contribution >= 0.6 is 11.3 Å². The quantitative estimate of drug-likeness (QED) is 0.544. The Kier molecular flexibility index (Phi) is 6.56. The van der Waals surface area contributed by atoms with Gasteiger partial charge in [0.15, 0.2) is 0 Å². The molecule has 1 N–H and O–H groups in total. The Balaban J connectivity index is 1.83. The van der Waals surface area contributed by atoms with Crippen LogP contribution in [-0.4, -0.2) is 29.8 Å². The van der Waals surface area contributed by atoms with Gasteiger partial charge in [-0.1, -0.05) is 18.2 Å². The third kappa shape index (κ3) is 5.39. The van der Waals surface area contributed by atoms with E-state index in [4.69, 9.17) is 9.84 Å². The van der Waals surface area contributed by atoms with Crippen LogP contribution in [0.3, 0.4) is 0 Å². The van der Waals surface area contributed by atoms with Crippen molar-refractivity contribution in [3.8, 4) is 22.8 Å². The lowest BCUT2D eigenvalue weighted by Gasteiger charge is -2.08. The highest BCUT2D eigenvalue weighted by Gasteiger charge is 2.12. The van der Waals surface area contributed by atoms with E-state index < -0.39 is 12.6 Å². The normalized spacial score (nSPS) is 11.2. The fourth-order valence-electron chi connectivity index (χ4n) is 2.72. The minimum absolute atomic E-state index is 0.0870. The Morgan fingerprint density at radius 3 is 2.72 bits per heavy atom. The fraction of sp³-hybridized carbons (Fsp3) is 0.143. The summed E-state index contributed by atoms with van der Waals surface area (Å²) in [6, 6.07) is 11.7. The molecule has 0 aliphatic heterocycles. The highest BCUT2D eigenvalue weighted by Crippen LogP contribution is 2.29. The molecule has 0 aliphatic rings. The third-order valence-electron chi connectivity index (χ3n) is 3.98. The molecule has 5 nitrogen and oxygen atoms in total. The lowest BCUT2D eigenvalue weighted by atomic mass is 10.1. The lowest BCUT2D eigenvalue weighted by molar-refractivity contribution is -0.136. The van der Waals surface area contributed by atoms with Crippen molar-refractivity contribution in [2.24, 2.45) is 0 Å². The van der Waals surface area contributed by atoms with Gasteiger partial charge in [-0.2, -0.15) is 8.78 Å². The maximum absolute atomic E-state index is 12.5. The number of carboxylic acid groups (broad SMARTS) is 1. The average molecular weight is 417 g/mol. The van der Waals surface area contributed by atoms with E-state index in [1.165, 1.54) is 24.5 Å². The van der Waals surface area contributed by atoms with E-state index in [1.807, 2.05) is 5.38 Å². The molecule has 0 amide bonds. The van der Waals surface area contributed by atoms with Crippen molar-refractivity contribution in [1.82, 2.24) is 4.98 Å². The Labute approximate surface area is 169 Å². The molecule has 0 saturated carbocycles. The van der Waals surface area contributed by atoms with E-state index in [0.29, 0.717) is 27.6 Å². The summed E-state index contributed by atoms with van der Waals surface area (Å²) in [5.74, 6) is -0.363. The van der Waals surface area contributed by atoms with Gasteiger partial charge in [0.05, 0.1) is 19.2 Å². The molecule has 0 aliphatic carbocycles. The number of benzene rings is 2. The molecule has 3 rings (SSSR count). The summed E-state index contributed by atoms with van der Waals surface area (Å²) in [5, 5.41) is 11.6. The summed E-state index contributed by atoms with van der Waals surface area (Å²) < 4.78 is 34.8. The maximum atomic E-state index is 12.5. The second-order valence-electron chi connectivity index (χ2n) is 5.92. The van der Waals surface area contributed by atoms with E-state index in [-0.39, 0.29) is 12.2 Å². The van der Waals surface area contributed by atoms with Crippen LogP contribution in [0.25, 0.3) is 23.4 Å². The average Bonchev–Trinajstić information content (AvgIpc) is 3.15. The molecule has 8 heteroatoms. The number of para-hydroxylation sites is 1. The van der Waals surface area contributed by atoms with Gasteiger partial charge in [0.1, 0.15) is 16.5 Å². The molecule has 3 aromatic rings. The van der Waals surface area contributed by atoms with Gasteiger partial charge in [0, 0.05) is 22.1 Å². The zero-order valence-electron chi connectivity index (χ0n) is 15.3. The van der Waals surface area contributed by atoms with Crippen LogP contribution in [0.15, 0.2) is 47.8 Å². The number of ether oxygens (including phenoxy) is 2. The van der Waals surface area contributed by atoms with Crippen LogP contribution < -0.4 is 9.47 Å². The molecule has 29 heavy (non-hydrogen) atoms. The number of alkyl halides is 2. The molecular weight excluding hydrogens is 400 g/mol. The minimum atomic E-state index is -2.90. The number of aromatic nitrogens is 1. The van der Waals surface area contributed by atoms with Crippen LogP contribution in [0.2, 0.25) is 0 Å². The predicted octanol–water partition coefficient (Wildman–Crippen LogP) is 5.22. The van der Waals surface area contributed by atoms with Crippen molar-refractivity contribution in [3.63, 3.8) is 0 Å².